The minimum Gasteiger partial charge on any atom is -0.343 e. The van der Waals surface area contributed by atoms with Gasteiger partial charge in [0, 0.05) is 45.0 Å². The Morgan fingerprint density at radius 3 is 0.963 bits per heavy atom. The van der Waals surface area contributed by atoms with E-state index in [1.807, 2.05) is 157 Å². The Balaban J connectivity index is 1.39. The molecule has 0 aliphatic carbocycles. The minimum absolute atomic E-state index is 0.128. The Bertz CT molecular complexity index is 2900. The van der Waals surface area contributed by atoms with Gasteiger partial charge >= 0.3 is 0 Å². The second-order valence-electron chi connectivity index (χ2n) is 13.5. The van der Waals surface area contributed by atoms with Crippen molar-refractivity contribution in [3.8, 4) is 44.5 Å². The fourth-order valence-electron chi connectivity index (χ4n) is 7.62. The number of nitrogens with zero attached hydrogens (tertiary/aromatic N) is 2. The summed E-state index contributed by atoms with van der Waals surface area (Å²) in [5.74, 6) is 0. The van der Waals surface area contributed by atoms with Crippen molar-refractivity contribution in [2.75, 3.05) is 0 Å². The van der Waals surface area contributed by atoms with Gasteiger partial charge in [0.1, 0.15) is 0 Å². The summed E-state index contributed by atoms with van der Waals surface area (Å²) in [6.45, 7) is 0. The van der Waals surface area contributed by atoms with Crippen molar-refractivity contribution in [1.82, 2.24) is 9.13 Å². The predicted octanol–water partition coefficient (Wildman–Crippen LogP) is 13.0. The number of hydrogen-bond donors (Lipinski definition) is 0. The molecule has 0 N–H and O–H groups in total. The summed E-state index contributed by atoms with van der Waals surface area (Å²) in [6, 6.07) is 42.2. The Morgan fingerprint density at radius 1 is 0.352 bits per heavy atom. The van der Waals surface area contributed by atoms with Crippen LogP contribution in [0.5, 0.6) is 0 Å². The van der Waals surface area contributed by atoms with Crippen LogP contribution in [0.3, 0.4) is 0 Å². The fraction of sp³-hybridized carbons (Fsp3) is 0.0435. The van der Waals surface area contributed by atoms with Gasteiger partial charge in [0.2, 0.25) is 0 Å². The molecule has 0 aliphatic heterocycles. The summed E-state index contributed by atoms with van der Waals surface area (Å²) in [7, 11) is 3.88. The lowest BCUT2D eigenvalue weighted by Gasteiger charge is -2.19. The zero-order chi connectivity index (χ0) is 37.4. The van der Waals surface area contributed by atoms with E-state index < -0.39 is 0 Å². The highest BCUT2D eigenvalue weighted by atomic mass is 35.5. The molecular weight excluding hydrogens is 754 g/mol. The van der Waals surface area contributed by atoms with Crippen LogP contribution >= 0.6 is 46.4 Å². The van der Waals surface area contributed by atoms with Gasteiger partial charge in [-0.05, 0) is 129 Å². The molecule has 0 fully saturated rings. The molecule has 0 saturated heterocycles. The Morgan fingerprint density at radius 2 is 0.648 bits per heavy atom. The van der Waals surface area contributed by atoms with Crippen molar-refractivity contribution in [2.45, 2.75) is 0 Å². The van der Waals surface area contributed by atoms with E-state index >= 15 is 0 Å². The topological polar surface area (TPSA) is 44.0 Å². The molecule has 8 heteroatoms. The number of benzene rings is 7. The van der Waals surface area contributed by atoms with E-state index in [0.29, 0.717) is 52.7 Å². The number of rotatable bonds is 4. The summed E-state index contributed by atoms with van der Waals surface area (Å²) in [5.41, 5.74) is 9.55. The van der Waals surface area contributed by atoms with E-state index in [0.717, 1.165) is 55.5 Å². The molecule has 0 unspecified atom stereocenters. The smallest absolute Gasteiger partial charge is 0.197 e. The first-order chi connectivity index (χ1) is 26.0. The SMILES string of the molecule is Cn1c2cc3c(=O)c4c(-c5ccc(Cl)cc5)cc(-c5ccc(Cl)cc5)cc4n(C)c3cc2c(=O)c2c(-c3ccc(Cl)cc3)cc(-c3ccc(Cl)cc3)cc21. The number of fused-ring (bicyclic) bond motifs is 4. The van der Waals surface area contributed by atoms with Gasteiger partial charge in [-0.3, -0.25) is 9.59 Å². The van der Waals surface area contributed by atoms with E-state index in [4.69, 9.17) is 46.4 Å². The van der Waals surface area contributed by atoms with Gasteiger partial charge in [-0.2, -0.15) is 0 Å². The van der Waals surface area contributed by atoms with Crippen LogP contribution in [0.2, 0.25) is 20.1 Å². The van der Waals surface area contributed by atoms with Crippen molar-refractivity contribution in [3.63, 3.8) is 0 Å². The molecule has 0 aliphatic rings. The normalized spacial score (nSPS) is 11.7. The molecule has 7 aromatic carbocycles. The minimum atomic E-state index is -0.128. The molecule has 0 amide bonds. The summed E-state index contributed by atoms with van der Waals surface area (Å²) < 4.78 is 4.02. The van der Waals surface area contributed by atoms with E-state index in [-0.39, 0.29) is 10.9 Å². The van der Waals surface area contributed by atoms with Crippen LogP contribution < -0.4 is 10.9 Å². The molecule has 2 aromatic heterocycles. The second-order valence-corrected chi connectivity index (χ2v) is 15.3. The standard InChI is InChI=1S/C46H28Cl4N2O2/c1-51-39-23-38-40(52(2)42-22-30(26-5-13-32(48)14-6-26)20-36(44(42)46(38)54)28-9-17-34(50)18-10-28)24-37(39)45(53)43-35(27-7-15-33(49)16-8-27)19-29(21-41(43)51)25-3-11-31(47)12-4-25/h3-24H,1-2H3. The number of halogens is 4. The van der Waals surface area contributed by atoms with Crippen molar-refractivity contribution >= 4 is 90.0 Å². The van der Waals surface area contributed by atoms with Crippen molar-refractivity contribution in [1.29, 1.82) is 0 Å². The molecule has 4 nitrogen and oxygen atoms in total. The fourth-order valence-corrected chi connectivity index (χ4v) is 8.12. The van der Waals surface area contributed by atoms with E-state index in [9.17, 15) is 9.59 Å². The van der Waals surface area contributed by atoms with Gasteiger partial charge in [0.15, 0.2) is 10.9 Å². The number of hydrogen-bond acceptors (Lipinski definition) is 2. The number of aryl methyl sites for hydroxylation is 2. The molecule has 0 atom stereocenters. The predicted molar refractivity (Wildman–Crippen MR) is 229 cm³/mol. The second kappa shape index (κ2) is 13.2. The van der Waals surface area contributed by atoms with Gasteiger partial charge in [-0.1, -0.05) is 94.9 Å². The van der Waals surface area contributed by atoms with Crippen LogP contribution in [0, 0.1) is 0 Å². The molecule has 54 heavy (non-hydrogen) atoms. The molecule has 2 heterocycles. The first kappa shape index (κ1) is 34.4. The molecule has 9 aromatic rings. The molecule has 0 bridgehead atoms. The lowest BCUT2D eigenvalue weighted by molar-refractivity contribution is 0.994. The third-order valence-electron chi connectivity index (χ3n) is 10.4. The quantitative estimate of drug-likeness (QED) is 0.167. The van der Waals surface area contributed by atoms with Crippen molar-refractivity contribution in [2.24, 2.45) is 14.1 Å². The summed E-state index contributed by atoms with van der Waals surface area (Å²) in [5, 5.41) is 4.65. The highest BCUT2D eigenvalue weighted by Crippen LogP contribution is 2.38. The van der Waals surface area contributed by atoms with E-state index in [1.54, 1.807) is 0 Å². The molecule has 0 radical (unpaired) electrons. The van der Waals surface area contributed by atoms with Crippen LogP contribution in [0.15, 0.2) is 143 Å². The molecule has 0 spiro atoms. The number of aromatic nitrogens is 2. The highest BCUT2D eigenvalue weighted by molar-refractivity contribution is 6.31. The summed E-state index contributed by atoms with van der Waals surface area (Å²) >= 11 is 25.1. The third-order valence-corrected chi connectivity index (χ3v) is 11.4. The van der Waals surface area contributed by atoms with Gasteiger partial charge < -0.3 is 9.13 Å². The maximum Gasteiger partial charge on any atom is 0.197 e. The monoisotopic (exact) mass is 780 g/mol. The Labute approximate surface area is 330 Å². The van der Waals surface area contributed by atoms with Gasteiger partial charge in [-0.25, -0.2) is 0 Å². The Hall–Kier alpha value is -5.36. The van der Waals surface area contributed by atoms with Crippen LogP contribution in [0.4, 0.5) is 0 Å². The van der Waals surface area contributed by atoms with E-state index in [1.165, 1.54) is 0 Å². The van der Waals surface area contributed by atoms with Crippen molar-refractivity contribution < 1.29 is 0 Å². The lowest BCUT2D eigenvalue weighted by Crippen LogP contribution is -2.14. The molecule has 0 saturated carbocycles. The number of pyridine rings is 2. The van der Waals surface area contributed by atoms with Crippen molar-refractivity contribution in [3.05, 3.63) is 174 Å². The highest BCUT2D eigenvalue weighted by Gasteiger charge is 2.21. The van der Waals surface area contributed by atoms with Gasteiger partial charge in [0.05, 0.1) is 32.8 Å². The largest absolute Gasteiger partial charge is 0.343 e. The first-order valence-corrected chi connectivity index (χ1v) is 18.7. The Kier molecular flexibility index (Phi) is 8.40. The maximum atomic E-state index is 14.9. The van der Waals surface area contributed by atoms with Gasteiger partial charge in [-0.15, -0.1) is 0 Å². The third kappa shape index (κ3) is 5.69. The average molecular weight is 783 g/mol. The summed E-state index contributed by atoms with van der Waals surface area (Å²) in [6.07, 6.45) is 0. The first-order valence-electron chi connectivity index (χ1n) is 17.2. The maximum absolute atomic E-state index is 14.9. The zero-order valence-electron chi connectivity index (χ0n) is 28.9. The van der Waals surface area contributed by atoms with Crippen LogP contribution in [-0.4, -0.2) is 9.13 Å². The van der Waals surface area contributed by atoms with Crippen LogP contribution in [-0.2, 0) is 14.1 Å². The lowest BCUT2D eigenvalue weighted by atomic mass is 9.92. The van der Waals surface area contributed by atoms with Crippen LogP contribution in [0.1, 0.15) is 0 Å². The average Bonchev–Trinajstić information content (AvgIpc) is 3.19. The zero-order valence-corrected chi connectivity index (χ0v) is 31.9. The van der Waals surface area contributed by atoms with E-state index in [2.05, 4.69) is 0 Å². The summed E-state index contributed by atoms with van der Waals surface area (Å²) in [4.78, 5) is 29.7. The molecule has 9 rings (SSSR count). The van der Waals surface area contributed by atoms with Crippen LogP contribution in [0.25, 0.3) is 88.1 Å². The molecular formula is C46H28Cl4N2O2. The molecule has 262 valence electrons. The van der Waals surface area contributed by atoms with Gasteiger partial charge in [0.25, 0.3) is 0 Å².